The number of halogens is 2. The van der Waals surface area contributed by atoms with Crippen molar-refractivity contribution in [1.82, 2.24) is 0 Å². The molecule has 0 bridgehead atoms. The van der Waals surface area contributed by atoms with Crippen molar-refractivity contribution in [3.63, 3.8) is 0 Å². The highest BCUT2D eigenvalue weighted by atomic mass is 19.3. The average molecular weight is 305 g/mol. The fourth-order valence-electron chi connectivity index (χ4n) is 2.27. The van der Waals surface area contributed by atoms with Crippen molar-refractivity contribution in [2.45, 2.75) is 19.1 Å². The summed E-state index contributed by atoms with van der Waals surface area (Å²) in [4.78, 5) is 12.2. The zero-order valence-corrected chi connectivity index (χ0v) is 11.5. The number of para-hydroxylation sites is 1. The van der Waals surface area contributed by atoms with Gasteiger partial charge in [0.2, 0.25) is 0 Å². The highest BCUT2D eigenvalue weighted by Crippen LogP contribution is 2.28. The van der Waals surface area contributed by atoms with Crippen molar-refractivity contribution >= 4 is 11.6 Å². The molecule has 0 fully saturated rings. The number of carbonyl (C=O) groups is 1. The first-order valence-electron chi connectivity index (χ1n) is 6.72. The van der Waals surface area contributed by atoms with Crippen LogP contribution in [0.3, 0.4) is 0 Å². The monoisotopic (exact) mass is 305 g/mol. The Hall–Kier alpha value is -2.63. The summed E-state index contributed by atoms with van der Waals surface area (Å²) in [5, 5.41) is 2.69. The Labute approximate surface area is 125 Å². The summed E-state index contributed by atoms with van der Waals surface area (Å²) < 4.78 is 33.9. The molecule has 2 aromatic carbocycles. The maximum absolute atomic E-state index is 12.2. The number of hydrogen-bond donors (Lipinski definition) is 1. The fourth-order valence-corrected chi connectivity index (χ4v) is 2.27. The van der Waals surface area contributed by atoms with Gasteiger partial charge < -0.3 is 14.8 Å². The van der Waals surface area contributed by atoms with E-state index in [2.05, 4.69) is 10.1 Å². The molecular formula is C16H13F2NO3. The molecule has 2 aromatic rings. The van der Waals surface area contributed by atoms with Crippen LogP contribution in [0, 0.1) is 0 Å². The quantitative estimate of drug-likeness (QED) is 0.943. The van der Waals surface area contributed by atoms with Crippen LogP contribution < -0.4 is 14.8 Å². The predicted octanol–water partition coefficient (Wildman–Crippen LogP) is 3.23. The Morgan fingerprint density at radius 3 is 2.59 bits per heavy atom. The van der Waals surface area contributed by atoms with Crippen LogP contribution in [-0.2, 0) is 11.2 Å². The molecule has 22 heavy (non-hydrogen) atoms. The molecular weight excluding hydrogens is 292 g/mol. The number of fused-ring (bicyclic) bond motifs is 1. The van der Waals surface area contributed by atoms with Gasteiger partial charge >= 0.3 is 6.61 Å². The molecule has 1 amide bonds. The zero-order chi connectivity index (χ0) is 15.5. The number of amides is 1. The van der Waals surface area contributed by atoms with Crippen molar-refractivity contribution in [1.29, 1.82) is 0 Å². The normalized spacial score (nSPS) is 16.0. The van der Waals surface area contributed by atoms with Crippen molar-refractivity contribution in [2.75, 3.05) is 5.32 Å². The number of alkyl halides is 2. The van der Waals surface area contributed by atoms with E-state index in [-0.39, 0.29) is 11.7 Å². The Morgan fingerprint density at radius 1 is 1.18 bits per heavy atom. The predicted molar refractivity (Wildman–Crippen MR) is 76.3 cm³/mol. The van der Waals surface area contributed by atoms with E-state index in [1.807, 2.05) is 24.3 Å². The molecule has 1 aliphatic rings. The topological polar surface area (TPSA) is 47.6 Å². The average Bonchev–Trinajstić information content (AvgIpc) is 2.93. The smallest absolute Gasteiger partial charge is 0.387 e. The van der Waals surface area contributed by atoms with Crippen molar-refractivity contribution in [3.8, 4) is 11.5 Å². The van der Waals surface area contributed by atoms with Gasteiger partial charge in [0.1, 0.15) is 11.5 Å². The van der Waals surface area contributed by atoms with Crippen LogP contribution >= 0.6 is 0 Å². The summed E-state index contributed by atoms with van der Waals surface area (Å²) >= 11 is 0. The van der Waals surface area contributed by atoms with E-state index in [1.165, 1.54) is 24.3 Å². The molecule has 1 aliphatic heterocycles. The number of benzene rings is 2. The lowest BCUT2D eigenvalue weighted by Crippen LogP contribution is -2.31. The molecule has 1 atom stereocenters. The third-order valence-corrected chi connectivity index (χ3v) is 3.29. The van der Waals surface area contributed by atoms with Crippen molar-refractivity contribution in [2.24, 2.45) is 0 Å². The minimum Gasteiger partial charge on any atom is -0.480 e. The SMILES string of the molecule is O=C(Nc1ccc(OC(F)F)cc1)[C@@H]1Cc2ccccc2O1. The van der Waals surface area contributed by atoms with Crippen LogP contribution in [0.4, 0.5) is 14.5 Å². The number of hydrogen-bond acceptors (Lipinski definition) is 3. The molecule has 0 radical (unpaired) electrons. The number of nitrogens with one attached hydrogen (secondary N) is 1. The van der Waals surface area contributed by atoms with Crippen LogP contribution in [0.5, 0.6) is 11.5 Å². The Kier molecular flexibility index (Phi) is 3.91. The maximum atomic E-state index is 12.2. The molecule has 0 saturated heterocycles. The minimum absolute atomic E-state index is 0.0394. The largest absolute Gasteiger partial charge is 0.480 e. The summed E-state index contributed by atoms with van der Waals surface area (Å²) in [6.07, 6.45) is -0.0800. The van der Waals surface area contributed by atoms with Gasteiger partial charge in [0.25, 0.3) is 5.91 Å². The third kappa shape index (κ3) is 3.16. The molecule has 4 nitrogen and oxygen atoms in total. The van der Waals surface area contributed by atoms with Gasteiger partial charge in [-0.2, -0.15) is 8.78 Å². The van der Waals surface area contributed by atoms with E-state index in [4.69, 9.17) is 4.74 Å². The standard InChI is InChI=1S/C16H13F2NO3/c17-16(18)21-12-7-5-11(6-8-12)19-15(20)14-9-10-3-1-2-4-13(10)22-14/h1-8,14,16H,9H2,(H,19,20)/t14-/m0/s1. The van der Waals surface area contributed by atoms with E-state index in [0.29, 0.717) is 17.9 Å². The second kappa shape index (κ2) is 6.01. The second-order valence-corrected chi connectivity index (χ2v) is 4.81. The lowest BCUT2D eigenvalue weighted by Gasteiger charge is -2.12. The summed E-state index contributed by atoms with van der Waals surface area (Å²) in [7, 11) is 0. The zero-order valence-electron chi connectivity index (χ0n) is 11.5. The maximum Gasteiger partial charge on any atom is 0.387 e. The molecule has 0 aliphatic carbocycles. The second-order valence-electron chi connectivity index (χ2n) is 4.81. The molecule has 0 spiro atoms. The van der Waals surface area contributed by atoms with Crippen LogP contribution in [0.25, 0.3) is 0 Å². The molecule has 3 rings (SSSR count). The fraction of sp³-hybridized carbons (Fsp3) is 0.188. The van der Waals surface area contributed by atoms with Crippen molar-refractivity contribution < 1.29 is 23.0 Å². The lowest BCUT2D eigenvalue weighted by atomic mass is 10.1. The van der Waals surface area contributed by atoms with Gasteiger partial charge in [0.15, 0.2) is 6.10 Å². The summed E-state index contributed by atoms with van der Waals surface area (Å²) in [5.74, 6) is 0.472. The van der Waals surface area contributed by atoms with Gasteiger partial charge in [-0.3, -0.25) is 4.79 Å². The summed E-state index contributed by atoms with van der Waals surface area (Å²) in [6.45, 7) is -2.87. The van der Waals surface area contributed by atoms with Crippen molar-refractivity contribution in [3.05, 3.63) is 54.1 Å². The van der Waals surface area contributed by atoms with Gasteiger partial charge in [-0.05, 0) is 35.9 Å². The number of carbonyl (C=O) groups excluding carboxylic acids is 1. The third-order valence-electron chi connectivity index (χ3n) is 3.29. The molecule has 6 heteroatoms. The summed E-state index contributed by atoms with van der Waals surface area (Å²) in [5.41, 5.74) is 1.48. The Balaban J connectivity index is 1.61. The van der Waals surface area contributed by atoms with E-state index in [0.717, 1.165) is 5.56 Å². The Bertz CT molecular complexity index is 648. The van der Waals surface area contributed by atoms with Gasteiger partial charge in [0.05, 0.1) is 0 Å². The van der Waals surface area contributed by atoms with E-state index in [1.54, 1.807) is 0 Å². The van der Waals surface area contributed by atoms with E-state index >= 15 is 0 Å². The molecule has 0 unspecified atom stereocenters. The van der Waals surface area contributed by atoms with Crippen LogP contribution in [0.2, 0.25) is 0 Å². The first kappa shape index (κ1) is 14.3. The first-order valence-corrected chi connectivity index (χ1v) is 6.72. The molecule has 1 heterocycles. The van der Waals surface area contributed by atoms with Gasteiger partial charge in [0, 0.05) is 12.1 Å². The molecule has 0 saturated carbocycles. The summed E-state index contributed by atoms with van der Waals surface area (Å²) in [6, 6.07) is 13.2. The molecule has 0 aromatic heterocycles. The van der Waals surface area contributed by atoms with E-state index < -0.39 is 12.7 Å². The first-order chi connectivity index (χ1) is 10.6. The number of rotatable bonds is 4. The van der Waals surface area contributed by atoms with Crippen LogP contribution in [-0.4, -0.2) is 18.6 Å². The highest BCUT2D eigenvalue weighted by Gasteiger charge is 2.28. The lowest BCUT2D eigenvalue weighted by molar-refractivity contribution is -0.122. The van der Waals surface area contributed by atoms with Crippen LogP contribution in [0.1, 0.15) is 5.56 Å². The number of anilines is 1. The van der Waals surface area contributed by atoms with Gasteiger partial charge in [-0.25, -0.2) is 0 Å². The van der Waals surface area contributed by atoms with Gasteiger partial charge in [-0.15, -0.1) is 0 Å². The Morgan fingerprint density at radius 2 is 1.91 bits per heavy atom. The van der Waals surface area contributed by atoms with E-state index in [9.17, 15) is 13.6 Å². The van der Waals surface area contributed by atoms with Gasteiger partial charge in [-0.1, -0.05) is 18.2 Å². The number of ether oxygens (including phenoxy) is 2. The molecule has 114 valence electrons. The van der Waals surface area contributed by atoms with Crippen LogP contribution in [0.15, 0.2) is 48.5 Å². The molecule has 1 N–H and O–H groups in total. The highest BCUT2D eigenvalue weighted by molar-refractivity contribution is 5.95. The minimum atomic E-state index is -2.87.